The molecule has 2 atom stereocenters. The summed E-state index contributed by atoms with van der Waals surface area (Å²) in [5, 5.41) is 3.54. The number of halogens is 3. The predicted molar refractivity (Wildman–Crippen MR) is 98.3 cm³/mol. The number of benzene rings is 1. The Hall–Kier alpha value is -2.60. The number of hydrogen-bond acceptors (Lipinski definition) is 2. The van der Waals surface area contributed by atoms with Gasteiger partial charge in [0.1, 0.15) is 0 Å². The molecule has 140 valence electrons. The fourth-order valence-corrected chi connectivity index (χ4v) is 3.34. The van der Waals surface area contributed by atoms with Crippen LogP contribution >= 0.6 is 0 Å². The molecule has 2 unspecified atom stereocenters. The number of aromatic nitrogens is 2. The van der Waals surface area contributed by atoms with E-state index in [-0.39, 0.29) is 0 Å². The Morgan fingerprint density at radius 2 is 1.89 bits per heavy atom. The van der Waals surface area contributed by atoms with Crippen LogP contribution in [0.25, 0.3) is 11.3 Å². The van der Waals surface area contributed by atoms with Crippen molar-refractivity contribution in [1.29, 1.82) is 0 Å². The second-order valence-electron chi connectivity index (χ2n) is 6.88. The van der Waals surface area contributed by atoms with Crippen molar-refractivity contribution in [3.8, 4) is 11.3 Å². The molecule has 0 saturated heterocycles. The zero-order valence-electron chi connectivity index (χ0n) is 14.7. The molecule has 6 heteroatoms. The number of nitrogens with one attached hydrogen (secondary N) is 1. The van der Waals surface area contributed by atoms with E-state index in [1.54, 1.807) is 18.3 Å². The average molecular weight is 371 g/mol. The van der Waals surface area contributed by atoms with Crippen LogP contribution in [-0.4, -0.2) is 22.1 Å². The van der Waals surface area contributed by atoms with Crippen molar-refractivity contribution in [2.45, 2.75) is 31.1 Å². The van der Waals surface area contributed by atoms with Gasteiger partial charge in [-0.25, -0.2) is 0 Å². The molecule has 0 bridgehead atoms. The summed E-state index contributed by atoms with van der Waals surface area (Å²) in [6, 6.07) is 13.5. The summed E-state index contributed by atoms with van der Waals surface area (Å²) in [6.07, 6.45) is 2.60. The van der Waals surface area contributed by atoms with Gasteiger partial charge in [-0.15, -0.1) is 0 Å². The first-order valence-electron chi connectivity index (χ1n) is 8.98. The van der Waals surface area contributed by atoms with Gasteiger partial charge in [0, 0.05) is 49.2 Å². The summed E-state index contributed by atoms with van der Waals surface area (Å²) >= 11 is 0. The minimum Gasteiger partial charge on any atom is -0.353 e. The van der Waals surface area contributed by atoms with E-state index in [1.165, 1.54) is 6.07 Å². The van der Waals surface area contributed by atoms with E-state index < -0.39 is 11.7 Å². The van der Waals surface area contributed by atoms with E-state index in [2.05, 4.69) is 14.9 Å². The third kappa shape index (κ3) is 4.22. The second kappa shape index (κ2) is 7.19. The number of hydrogen-bond donors (Lipinski definition) is 1. The molecular weight excluding hydrogens is 351 g/mol. The predicted octanol–water partition coefficient (Wildman–Crippen LogP) is 4.71. The van der Waals surface area contributed by atoms with Crippen LogP contribution in [0.2, 0.25) is 0 Å². The zero-order valence-corrected chi connectivity index (χ0v) is 14.7. The zero-order chi connectivity index (χ0) is 18.9. The first-order valence-corrected chi connectivity index (χ1v) is 8.98. The van der Waals surface area contributed by atoms with Gasteiger partial charge in [0.2, 0.25) is 0 Å². The van der Waals surface area contributed by atoms with Gasteiger partial charge in [-0.05, 0) is 42.3 Å². The van der Waals surface area contributed by atoms with Gasteiger partial charge >= 0.3 is 6.18 Å². The highest BCUT2D eigenvalue weighted by Gasteiger charge is 2.38. The molecule has 1 aliphatic carbocycles. The van der Waals surface area contributed by atoms with E-state index in [9.17, 15) is 13.2 Å². The highest BCUT2D eigenvalue weighted by Crippen LogP contribution is 2.41. The molecule has 1 N–H and O–H groups in total. The largest absolute Gasteiger partial charge is 0.416 e. The van der Waals surface area contributed by atoms with Gasteiger partial charge < -0.3 is 9.88 Å². The molecule has 0 aliphatic heterocycles. The summed E-state index contributed by atoms with van der Waals surface area (Å²) in [5.74, 6) is 0.428. The summed E-state index contributed by atoms with van der Waals surface area (Å²) in [7, 11) is 0. The van der Waals surface area contributed by atoms with Gasteiger partial charge in [0.15, 0.2) is 0 Å². The third-order valence-electron chi connectivity index (χ3n) is 4.93. The Kier molecular flexibility index (Phi) is 4.74. The van der Waals surface area contributed by atoms with Crippen molar-refractivity contribution in [2.75, 3.05) is 6.54 Å². The topological polar surface area (TPSA) is 29.9 Å². The quantitative estimate of drug-likeness (QED) is 0.680. The van der Waals surface area contributed by atoms with Crippen LogP contribution in [0, 0.1) is 0 Å². The van der Waals surface area contributed by atoms with Crippen molar-refractivity contribution in [3.05, 3.63) is 78.2 Å². The van der Waals surface area contributed by atoms with Gasteiger partial charge in [0.25, 0.3) is 0 Å². The fraction of sp³-hybridized carbons (Fsp3) is 0.286. The second-order valence-corrected chi connectivity index (χ2v) is 6.88. The van der Waals surface area contributed by atoms with E-state index in [0.717, 1.165) is 37.2 Å². The molecule has 1 aromatic carbocycles. The monoisotopic (exact) mass is 371 g/mol. The number of rotatable bonds is 6. The molecule has 2 heterocycles. The highest BCUT2D eigenvalue weighted by molar-refractivity contribution is 5.60. The van der Waals surface area contributed by atoms with E-state index >= 15 is 0 Å². The third-order valence-corrected chi connectivity index (χ3v) is 4.93. The minimum atomic E-state index is -4.34. The Bertz CT molecular complexity index is 886. The Labute approximate surface area is 155 Å². The van der Waals surface area contributed by atoms with Gasteiger partial charge in [-0.2, -0.15) is 13.2 Å². The first kappa shape index (κ1) is 17.8. The van der Waals surface area contributed by atoms with Gasteiger partial charge in [-0.1, -0.05) is 18.2 Å². The maximum atomic E-state index is 12.9. The van der Waals surface area contributed by atoms with Crippen molar-refractivity contribution < 1.29 is 13.2 Å². The summed E-state index contributed by atoms with van der Waals surface area (Å²) < 4.78 is 40.7. The van der Waals surface area contributed by atoms with Crippen LogP contribution in [-0.2, 0) is 12.7 Å². The van der Waals surface area contributed by atoms with Crippen LogP contribution in [0.5, 0.6) is 0 Å². The standard InChI is InChI=1S/C21H20F3N3/c22-21(23,24)17-5-3-4-15(12-17)19-7-6-16(14-26-19)18-13-20(18)25-8-11-27-9-1-2-10-27/h1-7,9-10,12,14,18,20,25H,8,11,13H2. The van der Waals surface area contributed by atoms with Crippen LogP contribution in [0.3, 0.4) is 0 Å². The van der Waals surface area contributed by atoms with Crippen LogP contribution in [0.4, 0.5) is 13.2 Å². The van der Waals surface area contributed by atoms with Crippen molar-refractivity contribution in [1.82, 2.24) is 14.9 Å². The lowest BCUT2D eigenvalue weighted by Gasteiger charge is -2.09. The Balaban J connectivity index is 1.36. The lowest BCUT2D eigenvalue weighted by Crippen LogP contribution is -2.22. The van der Waals surface area contributed by atoms with Crippen molar-refractivity contribution in [3.63, 3.8) is 0 Å². The molecule has 3 nitrogen and oxygen atoms in total. The molecule has 1 fully saturated rings. The number of nitrogens with zero attached hydrogens (tertiary/aromatic N) is 2. The van der Waals surface area contributed by atoms with Gasteiger partial charge in [-0.3, -0.25) is 4.98 Å². The molecule has 1 saturated carbocycles. The molecule has 4 rings (SSSR count). The molecule has 2 aromatic heterocycles. The smallest absolute Gasteiger partial charge is 0.353 e. The molecule has 0 amide bonds. The van der Waals surface area contributed by atoms with Gasteiger partial charge in [0.05, 0.1) is 11.3 Å². The van der Waals surface area contributed by atoms with E-state index in [0.29, 0.717) is 23.2 Å². The molecule has 3 aromatic rings. The molecule has 0 radical (unpaired) electrons. The number of pyridine rings is 1. The molecule has 1 aliphatic rings. The highest BCUT2D eigenvalue weighted by atomic mass is 19.4. The van der Waals surface area contributed by atoms with Crippen molar-refractivity contribution >= 4 is 0 Å². The summed E-state index contributed by atoms with van der Waals surface area (Å²) in [5.41, 5.74) is 1.51. The average Bonchev–Trinajstić information content (AvgIpc) is 3.24. The van der Waals surface area contributed by atoms with E-state index in [4.69, 9.17) is 0 Å². The van der Waals surface area contributed by atoms with Crippen LogP contribution in [0.15, 0.2) is 67.1 Å². The lowest BCUT2D eigenvalue weighted by atomic mass is 10.1. The van der Waals surface area contributed by atoms with Crippen LogP contribution in [0.1, 0.15) is 23.5 Å². The van der Waals surface area contributed by atoms with Crippen molar-refractivity contribution in [2.24, 2.45) is 0 Å². The minimum absolute atomic E-state index is 0.428. The molecular formula is C21H20F3N3. The molecule has 27 heavy (non-hydrogen) atoms. The molecule has 0 spiro atoms. The lowest BCUT2D eigenvalue weighted by molar-refractivity contribution is -0.137. The van der Waals surface area contributed by atoms with Crippen LogP contribution < -0.4 is 5.32 Å². The number of alkyl halides is 3. The summed E-state index contributed by atoms with van der Waals surface area (Å²) in [4.78, 5) is 4.39. The fourth-order valence-electron chi connectivity index (χ4n) is 3.34. The normalized spacial score (nSPS) is 19.2. The Morgan fingerprint density at radius 3 is 2.59 bits per heavy atom. The maximum absolute atomic E-state index is 12.9. The summed E-state index contributed by atoms with van der Waals surface area (Å²) in [6.45, 7) is 1.84. The maximum Gasteiger partial charge on any atom is 0.416 e. The Morgan fingerprint density at radius 1 is 1.07 bits per heavy atom. The SMILES string of the molecule is FC(F)(F)c1cccc(-c2ccc(C3CC3NCCn3cccc3)cn2)c1. The first-order chi connectivity index (χ1) is 13.0. The van der Waals surface area contributed by atoms with E-state index in [1.807, 2.05) is 30.6 Å².